The number of carbonyl (C=O) groups excluding carboxylic acids is 1. The van der Waals surface area contributed by atoms with Gasteiger partial charge in [0.25, 0.3) is 0 Å². The maximum absolute atomic E-state index is 12.4. The summed E-state index contributed by atoms with van der Waals surface area (Å²) in [5, 5.41) is 2.70. The lowest BCUT2D eigenvalue weighted by Crippen LogP contribution is -2.05. The molecule has 1 rings (SSSR count). The van der Waals surface area contributed by atoms with Crippen LogP contribution < -0.4 is 9.50 Å². The van der Waals surface area contributed by atoms with Gasteiger partial charge in [-0.1, -0.05) is 3.89 Å². The third kappa shape index (κ3) is 2.93. The van der Waals surface area contributed by atoms with Gasteiger partial charge < -0.3 is 9.50 Å². The van der Waals surface area contributed by atoms with Gasteiger partial charge >= 0.3 is 10.5 Å². The van der Waals surface area contributed by atoms with E-state index in [0.717, 1.165) is 0 Å². The zero-order valence-electron chi connectivity index (χ0n) is 8.65. The number of benzene rings is 1. The molecule has 0 fully saturated rings. The largest absolute Gasteiger partial charge is 0.488 e. The molecule has 0 saturated carbocycles. The van der Waals surface area contributed by atoms with E-state index in [2.05, 4.69) is 9.50 Å². The molecule has 7 heteroatoms. The van der Waals surface area contributed by atoms with Crippen LogP contribution in [-0.4, -0.2) is 21.8 Å². The van der Waals surface area contributed by atoms with Gasteiger partial charge in [-0.05, 0) is 13.0 Å². The molecule has 88 valence electrons. The highest BCUT2D eigenvalue weighted by atomic mass is 32.3. The van der Waals surface area contributed by atoms with Crippen LogP contribution in [0.5, 0.6) is 5.75 Å². The van der Waals surface area contributed by atoms with E-state index in [9.17, 15) is 17.1 Å². The molecule has 0 spiro atoms. The van der Waals surface area contributed by atoms with Crippen LogP contribution >= 0.6 is 0 Å². The molecule has 0 aliphatic carbocycles. The molecular formula is C9H10FNO4S. The molecular weight excluding hydrogens is 237 g/mol. The van der Waals surface area contributed by atoms with E-state index in [1.54, 1.807) is 7.05 Å². The average molecular weight is 247 g/mol. The van der Waals surface area contributed by atoms with Gasteiger partial charge in [0.1, 0.15) is 0 Å². The Morgan fingerprint density at radius 1 is 1.44 bits per heavy atom. The van der Waals surface area contributed by atoms with E-state index < -0.39 is 10.5 Å². The van der Waals surface area contributed by atoms with Crippen molar-refractivity contribution in [2.75, 3.05) is 12.4 Å². The number of hydrogen-bond donors (Lipinski definition) is 1. The van der Waals surface area contributed by atoms with Gasteiger partial charge in [0, 0.05) is 29.9 Å². The van der Waals surface area contributed by atoms with Gasteiger partial charge in [0.2, 0.25) is 0 Å². The van der Waals surface area contributed by atoms with Crippen molar-refractivity contribution in [2.45, 2.75) is 6.92 Å². The van der Waals surface area contributed by atoms with Crippen molar-refractivity contribution in [1.29, 1.82) is 0 Å². The molecule has 0 amide bonds. The number of nitrogens with one attached hydrogen (secondary N) is 1. The van der Waals surface area contributed by atoms with Gasteiger partial charge in [-0.3, -0.25) is 4.79 Å². The summed E-state index contributed by atoms with van der Waals surface area (Å²) in [6.45, 7) is 1.46. The normalized spacial score (nSPS) is 10.9. The highest BCUT2D eigenvalue weighted by molar-refractivity contribution is 7.81. The molecule has 0 unspecified atom stereocenters. The minimum atomic E-state index is -5.09. The van der Waals surface area contributed by atoms with E-state index in [1.807, 2.05) is 0 Å². The van der Waals surface area contributed by atoms with E-state index in [1.165, 1.54) is 19.1 Å². The number of hydrogen-bond acceptors (Lipinski definition) is 5. The predicted octanol–water partition coefficient (Wildman–Crippen LogP) is 1.44. The van der Waals surface area contributed by atoms with Crippen molar-refractivity contribution < 1.29 is 21.3 Å². The Labute approximate surface area is 92.6 Å². The molecule has 0 aliphatic heterocycles. The second kappa shape index (κ2) is 4.48. The predicted molar refractivity (Wildman–Crippen MR) is 56.8 cm³/mol. The molecule has 5 nitrogen and oxygen atoms in total. The first-order chi connectivity index (χ1) is 7.37. The molecule has 0 aromatic heterocycles. The maximum atomic E-state index is 12.4. The molecule has 0 saturated heterocycles. The molecule has 0 aliphatic rings. The van der Waals surface area contributed by atoms with Crippen LogP contribution in [0, 0.1) is 6.92 Å². The van der Waals surface area contributed by atoms with Crippen molar-refractivity contribution in [3.8, 4) is 5.75 Å². The molecule has 1 N–H and O–H groups in total. The smallest absolute Gasteiger partial charge is 0.388 e. The maximum Gasteiger partial charge on any atom is 0.488 e. The fourth-order valence-corrected chi connectivity index (χ4v) is 1.56. The summed E-state index contributed by atoms with van der Waals surface area (Å²) in [5.74, 6) is -0.212. The number of carbonyl (C=O) groups is 1. The molecule has 16 heavy (non-hydrogen) atoms. The average Bonchev–Trinajstić information content (AvgIpc) is 2.19. The van der Waals surface area contributed by atoms with Crippen molar-refractivity contribution in [2.24, 2.45) is 0 Å². The SMILES string of the molecule is CNc1cc(C=O)c(C)c(OS(=O)(=O)F)c1. The lowest BCUT2D eigenvalue weighted by atomic mass is 10.1. The summed E-state index contributed by atoms with van der Waals surface area (Å²) < 4.78 is 37.2. The molecule has 0 radical (unpaired) electrons. The number of aldehydes is 1. The van der Waals surface area contributed by atoms with Crippen LogP contribution in [0.25, 0.3) is 0 Å². The summed E-state index contributed by atoms with van der Waals surface area (Å²) in [7, 11) is -3.52. The molecule has 0 heterocycles. The molecule has 0 atom stereocenters. The Bertz CT molecular complexity index is 512. The van der Waals surface area contributed by atoms with Crippen molar-refractivity contribution in [3.05, 3.63) is 23.3 Å². The summed E-state index contributed by atoms with van der Waals surface area (Å²) in [4.78, 5) is 10.7. The molecule has 1 aromatic carbocycles. The Balaban J connectivity index is 3.32. The lowest BCUT2D eigenvalue weighted by Gasteiger charge is -2.09. The van der Waals surface area contributed by atoms with E-state index in [0.29, 0.717) is 12.0 Å². The first kappa shape index (κ1) is 12.4. The van der Waals surface area contributed by atoms with Crippen molar-refractivity contribution in [3.63, 3.8) is 0 Å². The number of anilines is 1. The molecule has 0 bridgehead atoms. The monoisotopic (exact) mass is 247 g/mol. The Hall–Kier alpha value is -1.63. The van der Waals surface area contributed by atoms with Crippen molar-refractivity contribution >= 4 is 22.5 Å². The van der Waals surface area contributed by atoms with Crippen LogP contribution in [0.2, 0.25) is 0 Å². The third-order valence-electron chi connectivity index (χ3n) is 2.01. The number of halogens is 1. The van der Waals surface area contributed by atoms with Gasteiger partial charge in [0.15, 0.2) is 12.0 Å². The first-order valence-corrected chi connectivity index (χ1v) is 5.60. The highest BCUT2D eigenvalue weighted by Crippen LogP contribution is 2.27. The highest BCUT2D eigenvalue weighted by Gasteiger charge is 2.15. The fourth-order valence-electron chi connectivity index (χ4n) is 1.17. The van der Waals surface area contributed by atoms with Gasteiger partial charge in [-0.25, -0.2) is 0 Å². The minimum absolute atomic E-state index is 0.212. The van der Waals surface area contributed by atoms with Crippen molar-refractivity contribution in [1.82, 2.24) is 0 Å². The third-order valence-corrected chi connectivity index (χ3v) is 2.38. The quantitative estimate of drug-likeness (QED) is 0.644. The summed E-state index contributed by atoms with van der Waals surface area (Å²) in [6.07, 6.45) is 0.536. The van der Waals surface area contributed by atoms with Crippen LogP contribution in [-0.2, 0) is 10.5 Å². The van der Waals surface area contributed by atoms with Crippen LogP contribution in [0.4, 0.5) is 9.57 Å². The first-order valence-electron chi connectivity index (χ1n) is 4.29. The standard InChI is InChI=1S/C9H10FNO4S/c1-6-7(5-12)3-8(11-2)4-9(6)15-16(10,13)14/h3-5,11H,1-2H3. The minimum Gasteiger partial charge on any atom is -0.388 e. The van der Waals surface area contributed by atoms with E-state index in [-0.39, 0.29) is 16.9 Å². The van der Waals surface area contributed by atoms with Crippen LogP contribution in [0.3, 0.4) is 0 Å². The summed E-state index contributed by atoms with van der Waals surface area (Å²) in [5.41, 5.74) is 0.937. The van der Waals surface area contributed by atoms with Gasteiger partial charge in [-0.2, -0.15) is 8.42 Å². The van der Waals surface area contributed by atoms with Crippen LogP contribution in [0.15, 0.2) is 12.1 Å². The Morgan fingerprint density at radius 2 is 2.06 bits per heavy atom. The van der Waals surface area contributed by atoms with E-state index >= 15 is 0 Å². The van der Waals surface area contributed by atoms with E-state index in [4.69, 9.17) is 0 Å². The zero-order valence-corrected chi connectivity index (χ0v) is 9.47. The summed E-state index contributed by atoms with van der Waals surface area (Å²) >= 11 is 0. The molecule has 1 aromatic rings. The second-order valence-corrected chi connectivity index (χ2v) is 3.99. The number of rotatable bonds is 4. The second-order valence-electron chi connectivity index (χ2n) is 3.03. The Morgan fingerprint density at radius 3 is 2.50 bits per heavy atom. The lowest BCUT2D eigenvalue weighted by molar-refractivity contribution is 0.112. The summed E-state index contributed by atoms with van der Waals surface area (Å²) in [6, 6.07) is 2.79. The fraction of sp³-hybridized carbons (Fsp3) is 0.222. The topological polar surface area (TPSA) is 72.5 Å². The Kier molecular flexibility index (Phi) is 3.48. The van der Waals surface area contributed by atoms with Gasteiger partial charge in [0.05, 0.1) is 0 Å². The zero-order chi connectivity index (χ0) is 12.3. The van der Waals surface area contributed by atoms with Gasteiger partial charge in [-0.15, -0.1) is 0 Å². The van der Waals surface area contributed by atoms with Crippen LogP contribution in [0.1, 0.15) is 15.9 Å².